The number of anilines is 2. The Labute approximate surface area is 202 Å². The summed E-state index contributed by atoms with van der Waals surface area (Å²) in [6.45, 7) is 1.87. The molecule has 2 saturated heterocycles. The van der Waals surface area contributed by atoms with Crippen molar-refractivity contribution in [2.75, 3.05) is 24.2 Å². The van der Waals surface area contributed by atoms with Gasteiger partial charge >= 0.3 is 0 Å². The van der Waals surface area contributed by atoms with Crippen molar-refractivity contribution in [3.63, 3.8) is 0 Å². The molecule has 0 aliphatic carbocycles. The SMILES string of the molecule is COc1ccc([C@@H]2[C@@H]3C(=O)N(c4ccc(C)c(Cl)c4)C(=O)[C@@H]3ON2c2ccc(OC)cc2)cc1. The number of hydroxylamine groups is 1. The Hall–Kier alpha value is -3.55. The number of halogens is 1. The van der Waals surface area contributed by atoms with Gasteiger partial charge in [0.25, 0.3) is 5.91 Å². The number of aryl methyl sites for hydroxylation is 1. The Balaban J connectivity index is 1.56. The third-order valence-corrected chi connectivity index (χ3v) is 6.72. The fraction of sp³-hybridized carbons (Fsp3) is 0.231. The number of methoxy groups -OCH3 is 2. The highest BCUT2D eigenvalue weighted by atomic mass is 35.5. The van der Waals surface area contributed by atoms with Crippen LogP contribution in [0.25, 0.3) is 0 Å². The zero-order valence-electron chi connectivity index (χ0n) is 18.9. The van der Waals surface area contributed by atoms with Crippen LogP contribution in [0.15, 0.2) is 66.7 Å². The number of benzene rings is 3. The molecule has 0 unspecified atom stereocenters. The van der Waals surface area contributed by atoms with Gasteiger partial charge < -0.3 is 9.47 Å². The molecule has 2 fully saturated rings. The molecule has 34 heavy (non-hydrogen) atoms. The number of carbonyl (C=O) groups is 2. The topological polar surface area (TPSA) is 68.3 Å². The van der Waals surface area contributed by atoms with Gasteiger partial charge in [-0.2, -0.15) is 0 Å². The molecule has 0 radical (unpaired) electrons. The van der Waals surface area contributed by atoms with E-state index in [1.807, 2.05) is 55.5 Å². The molecule has 0 bridgehead atoms. The Bertz CT molecular complexity index is 1250. The second-order valence-corrected chi connectivity index (χ2v) is 8.65. The van der Waals surface area contributed by atoms with Crippen LogP contribution in [0.2, 0.25) is 5.02 Å². The van der Waals surface area contributed by atoms with Crippen LogP contribution in [0.1, 0.15) is 17.2 Å². The maximum absolute atomic E-state index is 13.7. The number of nitrogens with zero attached hydrogens (tertiary/aromatic N) is 2. The first-order valence-electron chi connectivity index (χ1n) is 10.8. The van der Waals surface area contributed by atoms with Gasteiger partial charge in [0.15, 0.2) is 6.10 Å². The van der Waals surface area contributed by atoms with Crippen molar-refractivity contribution in [3.8, 4) is 11.5 Å². The number of imide groups is 1. The van der Waals surface area contributed by atoms with E-state index in [1.165, 1.54) is 4.90 Å². The highest BCUT2D eigenvalue weighted by Gasteiger charge is 2.60. The van der Waals surface area contributed by atoms with Gasteiger partial charge in [-0.3, -0.25) is 14.4 Å². The molecule has 2 aliphatic rings. The van der Waals surface area contributed by atoms with Crippen LogP contribution in [0, 0.1) is 12.8 Å². The van der Waals surface area contributed by atoms with Gasteiger partial charge in [-0.05, 0) is 66.6 Å². The Kier molecular flexibility index (Phi) is 5.67. The van der Waals surface area contributed by atoms with E-state index in [9.17, 15) is 9.59 Å². The molecular weight excluding hydrogens is 456 g/mol. The number of rotatable bonds is 5. The fourth-order valence-electron chi connectivity index (χ4n) is 4.48. The molecular formula is C26H23ClN2O5. The summed E-state index contributed by atoms with van der Waals surface area (Å²) in [6.07, 6.45) is -0.957. The first-order valence-corrected chi connectivity index (χ1v) is 11.2. The zero-order chi connectivity index (χ0) is 24.0. The molecule has 8 heteroatoms. The van der Waals surface area contributed by atoms with E-state index in [-0.39, 0.29) is 5.91 Å². The van der Waals surface area contributed by atoms with Crippen molar-refractivity contribution in [2.45, 2.75) is 19.1 Å². The summed E-state index contributed by atoms with van der Waals surface area (Å²) in [7, 11) is 3.19. The summed E-state index contributed by atoms with van der Waals surface area (Å²) in [5, 5.41) is 2.13. The summed E-state index contributed by atoms with van der Waals surface area (Å²) in [6, 6.07) is 19.3. The molecule has 2 aliphatic heterocycles. The lowest BCUT2D eigenvalue weighted by molar-refractivity contribution is -0.126. The molecule has 2 heterocycles. The van der Waals surface area contributed by atoms with Crippen molar-refractivity contribution < 1.29 is 23.9 Å². The molecule has 2 amide bonds. The third kappa shape index (κ3) is 3.57. The van der Waals surface area contributed by atoms with Gasteiger partial charge in [0.05, 0.1) is 31.6 Å². The van der Waals surface area contributed by atoms with E-state index in [1.54, 1.807) is 37.5 Å². The van der Waals surface area contributed by atoms with Crippen molar-refractivity contribution in [3.05, 3.63) is 82.9 Å². The molecule has 0 N–H and O–H groups in total. The van der Waals surface area contributed by atoms with E-state index >= 15 is 0 Å². The maximum Gasteiger partial charge on any atom is 0.266 e. The van der Waals surface area contributed by atoms with Gasteiger partial charge in [-0.1, -0.05) is 29.8 Å². The number of ether oxygens (including phenoxy) is 2. The van der Waals surface area contributed by atoms with E-state index in [2.05, 4.69) is 0 Å². The Morgan fingerprint density at radius 3 is 2.00 bits per heavy atom. The van der Waals surface area contributed by atoms with Crippen LogP contribution in [0.5, 0.6) is 11.5 Å². The number of hydrogen-bond acceptors (Lipinski definition) is 6. The molecule has 5 rings (SSSR count). The molecule has 3 atom stereocenters. The lowest BCUT2D eigenvalue weighted by Crippen LogP contribution is -2.37. The minimum atomic E-state index is -0.957. The monoisotopic (exact) mass is 478 g/mol. The fourth-order valence-corrected chi connectivity index (χ4v) is 4.66. The summed E-state index contributed by atoms with van der Waals surface area (Å²) in [5.41, 5.74) is 2.84. The van der Waals surface area contributed by atoms with Gasteiger partial charge in [0.2, 0.25) is 5.91 Å². The van der Waals surface area contributed by atoms with Crippen LogP contribution in [-0.4, -0.2) is 32.1 Å². The highest BCUT2D eigenvalue weighted by Crippen LogP contribution is 2.48. The van der Waals surface area contributed by atoms with Crippen molar-refractivity contribution in [2.24, 2.45) is 5.92 Å². The predicted octanol–water partition coefficient (Wildman–Crippen LogP) is 4.72. The Morgan fingerprint density at radius 2 is 1.41 bits per heavy atom. The van der Waals surface area contributed by atoms with Crippen LogP contribution >= 0.6 is 11.6 Å². The highest BCUT2D eigenvalue weighted by molar-refractivity contribution is 6.32. The normalized spacial score (nSPS) is 21.7. The second kappa shape index (κ2) is 8.66. The standard InChI is InChI=1S/C26H23ClN2O5/c1-15-4-7-18(14-21(15)27)28-25(30)22-23(16-5-10-19(32-2)11-6-16)29(34-24(22)26(28)31)17-8-12-20(33-3)13-9-17/h4-14,22-24H,1-3H3/t22-,23+,24+/m0/s1. The van der Waals surface area contributed by atoms with Crippen molar-refractivity contribution >= 4 is 34.8 Å². The first-order chi connectivity index (χ1) is 16.4. The third-order valence-electron chi connectivity index (χ3n) is 6.31. The summed E-state index contributed by atoms with van der Waals surface area (Å²) < 4.78 is 10.5. The van der Waals surface area contributed by atoms with Gasteiger partial charge in [-0.25, -0.2) is 9.96 Å². The number of fused-ring (bicyclic) bond motifs is 1. The lowest BCUT2D eigenvalue weighted by atomic mass is 9.90. The molecule has 0 aromatic heterocycles. The van der Waals surface area contributed by atoms with Crippen LogP contribution in [0.3, 0.4) is 0 Å². The first kappa shape index (κ1) is 22.3. The predicted molar refractivity (Wildman–Crippen MR) is 128 cm³/mol. The average Bonchev–Trinajstić information content (AvgIpc) is 3.37. The minimum absolute atomic E-state index is 0.327. The number of hydrogen-bond donors (Lipinski definition) is 0. The molecule has 0 spiro atoms. The van der Waals surface area contributed by atoms with Crippen LogP contribution in [0.4, 0.5) is 11.4 Å². The van der Waals surface area contributed by atoms with E-state index in [0.29, 0.717) is 27.9 Å². The van der Waals surface area contributed by atoms with E-state index in [4.69, 9.17) is 25.9 Å². The van der Waals surface area contributed by atoms with Crippen LogP contribution < -0.4 is 19.4 Å². The van der Waals surface area contributed by atoms with E-state index in [0.717, 1.165) is 11.1 Å². The van der Waals surface area contributed by atoms with Crippen molar-refractivity contribution in [1.29, 1.82) is 0 Å². The average molecular weight is 479 g/mol. The molecule has 3 aromatic carbocycles. The molecule has 7 nitrogen and oxygen atoms in total. The summed E-state index contributed by atoms with van der Waals surface area (Å²) in [4.78, 5) is 34.5. The van der Waals surface area contributed by atoms with Gasteiger partial charge in [0.1, 0.15) is 17.4 Å². The zero-order valence-corrected chi connectivity index (χ0v) is 19.7. The second-order valence-electron chi connectivity index (χ2n) is 8.24. The quantitative estimate of drug-likeness (QED) is 0.494. The van der Waals surface area contributed by atoms with Crippen LogP contribution in [-0.2, 0) is 14.4 Å². The van der Waals surface area contributed by atoms with Gasteiger partial charge in [-0.15, -0.1) is 0 Å². The van der Waals surface area contributed by atoms with E-state index < -0.39 is 24.0 Å². The number of amides is 2. The number of carbonyl (C=O) groups excluding carboxylic acids is 2. The summed E-state index contributed by atoms with van der Waals surface area (Å²) in [5.74, 6) is -0.0852. The molecule has 3 aromatic rings. The van der Waals surface area contributed by atoms with Gasteiger partial charge in [0, 0.05) is 5.02 Å². The minimum Gasteiger partial charge on any atom is -0.497 e. The van der Waals surface area contributed by atoms with Crippen molar-refractivity contribution in [1.82, 2.24) is 0 Å². The maximum atomic E-state index is 13.7. The lowest BCUT2D eigenvalue weighted by Gasteiger charge is -2.29. The Morgan fingerprint density at radius 1 is 0.824 bits per heavy atom. The smallest absolute Gasteiger partial charge is 0.266 e. The summed E-state index contributed by atoms with van der Waals surface area (Å²) >= 11 is 6.28. The largest absolute Gasteiger partial charge is 0.497 e. The molecule has 174 valence electrons. The molecule has 0 saturated carbocycles.